The van der Waals surface area contributed by atoms with Crippen LogP contribution >= 0.6 is 0 Å². The van der Waals surface area contributed by atoms with Gasteiger partial charge < -0.3 is 0 Å². The lowest BCUT2D eigenvalue weighted by atomic mass is 9.77. The standard InChI is InChI=1S/C25H40F2.C24H38F2/c1-2-3-4-5-6-7-8-9-10-21-11-16-23(17-12-21)24-18-13-22(14-19-24)15-20-25(26)27;1-2-3-4-5-6-7-8-9-20-10-15-22(16-11-20)23-17-12-21(13-18-23)14-19-24(25)26/h13-14,18-19,21,23,25H,2-12,15-17,20H2,1H3;12-13,17-18,20,22,24H,2-11,14-16,19H2,1H3. The van der Waals surface area contributed by atoms with Crippen LogP contribution in [0.1, 0.15) is 221 Å². The van der Waals surface area contributed by atoms with Gasteiger partial charge in [0.25, 0.3) is 0 Å². The Morgan fingerprint density at radius 2 is 0.717 bits per heavy atom. The van der Waals surface area contributed by atoms with Crippen molar-refractivity contribution in [1.29, 1.82) is 0 Å². The highest BCUT2D eigenvalue weighted by molar-refractivity contribution is 5.27. The number of halogens is 4. The van der Waals surface area contributed by atoms with Crippen LogP contribution in [-0.2, 0) is 12.8 Å². The molecule has 4 rings (SSSR count). The van der Waals surface area contributed by atoms with Gasteiger partial charge in [-0.15, -0.1) is 0 Å². The van der Waals surface area contributed by atoms with Crippen molar-refractivity contribution < 1.29 is 17.6 Å². The lowest BCUT2D eigenvalue weighted by molar-refractivity contribution is 0.137. The van der Waals surface area contributed by atoms with Crippen molar-refractivity contribution >= 4 is 0 Å². The Bertz CT molecular complexity index is 1110. The van der Waals surface area contributed by atoms with Gasteiger partial charge in [0.2, 0.25) is 12.9 Å². The van der Waals surface area contributed by atoms with Crippen LogP contribution in [0.25, 0.3) is 0 Å². The molecule has 2 aromatic carbocycles. The molecule has 2 fully saturated rings. The molecule has 302 valence electrons. The molecule has 0 radical (unpaired) electrons. The van der Waals surface area contributed by atoms with Gasteiger partial charge in [-0.2, -0.15) is 0 Å². The van der Waals surface area contributed by atoms with Crippen molar-refractivity contribution in [2.45, 2.75) is 225 Å². The molecular weight excluding hydrogens is 665 g/mol. The number of unbranched alkanes of at least 4 members (excludes halogenated alkanes) is 13. The average molecular weight is 743 g/mol. The number of alkyl halides is 4. The summed E-state index contributed by atoms with van der Waals surface area (Å²) in [7, 11) is 0. The van der Waals surface area contributed by atoms with Gasteiger partial charge in [0.1, 0.15) is 0 Å². The van der Waals surface area contributed by atoms with Crippen molar-refractivity contribution in [3.8, 4) is 0 Å². The van der Waals surface area contributed by atoms with E-state index < -0.39 is 12.9 Å². The number of hydrogen-bond donors (Lipinski definition) is 0. The van der Waals surface area contributed by atoms with E-state index in [1.807, 2.05) is 0 Å². The van der Waals surface area contributed by atoms with Gasteiger partial charge in [0.05, 0.1) is 0 Å². The third-order valence-corrected chi connectivity index (χ3v) is 12.6. The molecule has 0 aromatic heterocycles. The quantitative estimate of drug-likeness (QED) is 0.0702. The van der Waals surface area contributed by atoms with Crippen LogP contribution in [0.2, 0.25) is 0 Å². The van der Waals surface area contributed by atoms with E-state index in [0.717, 1.165) is 23.0 Å². The summed E-state index contributed by atoms with van der Waals surface area (Å²) in [5.41, 5.74) is 4.92. The van der Waals surface area contributed by atoms with E-state index in [0.29, 0.717) is 24.7 Å². The minimum Gasteiger partial charge on any atom is -0.211 e. The Hall–Kier alpha value is -1.84. The second-order valence-electron chi connectivity index (χ2n) is 17.0. The van der Waals surface area contributed by atoms with Gasteiger partial charge in [0.15, 0.2) is 0 Å². The lowest BCUT2D eigenvalue weighted by Gasteiger charge is -2.29. The highest BCUT2D eigenvalue weighted by Gasteiger charge is 2.23. The molecule has 53 heavy (non-hydrogen) atoms. The summed E-state index contributed by atoms with van der Waals surface area (Å²) in [6.45, 7) is 4.55. The first-order valence-electron chi connectivity index (χ1n) is 22.6. The Kier molecular flexibility index (Phi) is 24.5. The van der Waals surface area contributed by atoms with Crippen LogP contribution in [0.4, 0.5) is 17.6 Å². The zero-order valence-electron chi connectivity index (χ0n) is 34.1. The van der Waals surface area contributed by atoms with Crippen LogP contribution in [0.15, 0.2) is 48.5 Å². The number of benzene rings is 2. The molecule has 0 aliphatic heterocycles. The predicted molar refractivity (Wildman–Crippen MR) is 221 cm³/mol. The highest BCUT2D eigenvalue weighted by Crippen LogP contribution is 2.39. The zero-order chi connectivity index (χ0) is 37.9. The van der Waals surface area contributed by atoms with E-state index >= 15 is 0 Å². The minimum atomic E-state index is -2.19. The smallest absolute Gasteiger partial charge is 0.211 e. The van der Waals surface area contributed by atoms with Gasteiger partial charge in [0, 0.05) is 12.8 Å². The van der Waals surface area contributed by atoms with Crippen molar-refractivity contribution in [3.05, 3.63) is 70.8 Å². The lowest BCUT2D eigenvalue weighted by Crippen LogP contribution is -2.13. The largest absolute Gasteiger partial charge is 0.239 e. The van der Waals surface area contributed by atoms with Crippen LogP contribution < -0.4 is 0 Å². The highest BCUT2D eigenvalue weighted by atomic mass is 19.3. The number of aryl methyl sites for hydroxylation is 2. The van der Waals surface area contributed by atoms with Gasteiger partial charge in [-0.25, -0.2) is 17.6 Å². The van der Waals surface area contributed by atoms with Crippen LogP contribution in [0.5, 0.6) is 0 Å². The molecule has 2 aliphatic rings. The van der Waals surface area contributed by atoms with E-state index in [4.69, 9.17) is 0 Å². The fourth-order valence-electron chi connectivity index (χ4n) is 8.99. The molecule has 2 saturated carbocycles. The summed E-state index contributed by atoms with van der Waals surface area (Å²) >= 11 is 0. The first kappa shape index (κ1) is 45.5. The molecular formula is C49H78F4. The van der Waals surface area contributed by atoms with Crippen LogP contribution in [0.3, 0.4) is 0 Å². The minimum absolute atomic E-state index is 0.0246. The monoisotopic (exact) mass is 743 g/mol. The topological polar surface area (TPSA) is 0 Å². The van der Waals surface area contributed by atoms with Crippen molar-refractivity contribution in [2.24, 2.45) is 11.8 Å². The zero-order valence-corrected chi connectivity index (χ0v) is 34.1. The summed E-state index contributed by atoms with van der Waals surface area (Å²) in [5, 5.41) is 0. The fraction of sp³-hybridized carbons (Fsp3) is 0.755. The van der Waals surface area contributed by atoms with E-state index in [1.54, 1.807) is 0 Å². The Balaban J connectivity index is 0.000000286. The van der Waals surface area contributed by atoms with Gasteiger partial charge in [-0.05, 0) is 110 Å². The van der Waals surface area contributed by atoms with Crippen molar-refractivity contribution in [3.63, 3.8) is 0 Å². The second-order valence-corrected chi connectivity index (χ2v) is 17.0. The molecule has 0 spiro atoms. The predicted octanol–water partition coefficient (Wildman–Crippen LogP) is 17.0. The molecule has 2 aromatic rings. The van der Waals surface area contributed by atoms with Gasteiger partial charge >= 0.3 is 0 Å². The molecule has 0 unspecified atom stereocenters. The third-order valence-electron chi connectivity index (χ3n) is 12.6. The Morgan fingerprint density at radius 3 is 1.02 bits per heavy atom. The summed E-state index contributed by atoms with van der Waals surface area (Å²) in [4.78, 5) is 0. The van der Waals surface area contributed by atoms with E-state index in [-0.39, 0.29) is 12.8 Å². The maximum absolute atomic E-state index is 12.3. The Labute approximate surface area is 324 Å². The SMILES string of the molecule is CCCCCCCCCC1CCC(c2ccc(CCC(F)F)cc2)CC1.CCCCCCCCCCC1CCC(c2ccc(CCC(F)F)cc2)CC1. The molecule has 0 atom stereocenters. The first-order valence-corrected chi connectivity index (χ1v) is 22.6. The van der Waals surface area contributed by atoms with Gasteiger partial charge in [-0.1, -0.05) is 172 Å². The maximum Gasteiger partial charge on any atom is 0.239 e. The van der Waals surface area contributed by atoms with E-state index in [2.05, 4.69) is 62.4 Å². The Morgan fingerprint density at radius 1 is 0.415 bits per heavy atom. The molecule has 0 N–H and O–H groups in total. The third kappa shape index (κ3) is 20.6. The first-order chi connectivity index (χ1) is 25.9. The van der Waals surface area contributed by atoms with Crippen LogP contribution in [0, 0.1) is 11.8 Å². The van der Waals surface area contributed by atoms with Crippen molar-refractivity contribution in [2.75, 3.05) is 0 Å². The van der Waals surface area contributed by atoms with Crippen LogP contribution in [-0.4, -0.2) is 12.9 Å². The summed E-state index contributed by atoms with van der Waals surface area (Å²) in [6, 6.07) is 17.0. The molecule has 0 amide bonds. The second kappa shape index (κ2) is 28.6. The maximum atomic E-state index is 12.3. The van der Waals surface area contributed by atoms with E-state index in [1.165, 1.54) is 172 Å². The molecule has 4 heteroatoms. The van der Waals surface area contributed by atoms with E-state index in [9.17, 15) is 17.6 Å². The molecule has 0 heterocycles. The number of rotatable bonds is 25. The fourth-order valence-corrected chi connectivity index (χ4v) is 8.99. The molecule has 2 aliphatic carbocycles. The average Bonchev–Trinajstić information content (AvgIpc) is 3.18. The number of hydrogen-bond acceptors (Lipinski definition) is 0. The molecule has 0 bridgehead atoms. The molecule has 0 nitrogen and oxygen atoms in total. The summed E-state index contributed by atoms with van der Waals surface area (Å²) in [6.07, 6.45) is 31.2. The summed E-state index contributed by atoms with van der Waals surface area (Å²) < 4.78 is 49.3. The van der Waals surface area contributed by atoms with Gasteiger partial charge in [-0.3, -0.25) is 0 Å². The van der Waals surface area contributed by atoms with Crippen molar-refractivity contribution in [1.82, 2.24) is 0 Å². The molecule has 0 saturated heterocycles. The normalized spacial score (nSPS) is 20.5. The summed E-state index contributed by atoms with van der Waals surface area (Å²) in [5.74, 6) is 3.24.